The summed E-state index contributed by atoms with van der Waals surface area (Å²) in [7, 11) is -3.50. The number of piperidine rings is 1. The number of fused-ring (bicyclic) bond motifs is 5. The monoisotopic (exact) mass is 598 g/mol. The van der Waals surface area contributed by atoms with E-state index in [1.165, 1.54) is 22.2 Å². The average molecular weight is 599 g/mol. The first kappa shape index (κ1) is 27.6. The second kappa shape index (κ2) is 10.7. The second-order valence-corrected chi connectivity index (χ2v) is 15.7. The van der Waals surface area contributed by atoms with Crippen LogP contribution < -0.4 is 5.32 Å². The highest BCUT2D eigenvalue weighted by Crippen LogP contribution is 2.43. The summed E-state index contributed by atoms with van der Waals surface area (Å²) in [6.45, 7) is 8.08. The SMILES string of the molecule is CC(C)(C)[C@@H]1CCc2c(sc3ncn4c(SCC(=O)Nc5ccc(S(=O)(=O)N6CCCCC6)cc5)nnc4c23)C1. The number of sulfonamides is 1. The third-order valence-corrected chi connectivity index (χ3v) is 12.1. The van der Waals surface area contributed by atoms with Crippen LogP contribution in [0, 0.1) is 11.3 Å². The summed E-state index contributed by atoms with van der Waals surface area (Å²) in [6.07, 6.45) is 7.85. The number of hydrogen-bond acceptors (Lipinski definition) is 8. The van der Waals surface area contributed by atoms with Crippen LogP contribution in [-0.2, 0) is 27.7 Å². The number of rotatable bonds is 6. The molecule has 1 fully saturated rings. The first-order valence-electron chi connectivity index (χ1n) is 13.8. The number of hydrogen-bond donors (Lipinski definition) is 1. The number of thioether (sulfide) groups is 1. The van der Waals surface area contributed by atoms with E-state index in [2.05, 4.69) is 36.3 Å². The minimum Gasteiger partial charge on any atom is -0.325 e. The van der Waals surface area contributed by atoms with Gasteiger partial charge in [-0.25, -0.2) is 13.4 Å². The number of carbonyl (C=O) groups excluding carboxylic acids is 1. The van der Waals surface area contributed by atoms with Gasteiger partial charge in [0.25, 0.3) is 0 Å². The maximum Gasteiger partial charge on any atom is 0.243 e. The molecule has 1 N–H and O–H groups in total. The van der Waals surface area contributed by atoms with E-state index in [-0.39, 0.29) is 22.0 Å². The molecule has 9 nitrogen and oxygen atoms in total. The molecule has 4 heterocycles. The lowest BCUT2D eigenvalue weighted by atomic mass is 9.72. The fraction of sp³-hybridized carbons (Fsp3) is 0.500. The third kappa shape index (κ3) is 5.26. The predicted molar refractivity (Wildman–Crippen MR) is 160 cm³/mol. The molecule has 0 bridgehead atoms. The number of aromatic nitrogens is 4. The molecule has 212 valence electrons. The summed E-state index contributed by atoms with van der Waals surface area (Å²) in [5, 5.41) is 13.4. The third-order valence-electron chi connectivity index (χ3n) is 8.07. The van der Waals surface area contributed by atoms with Crippen LogP contribution in [0.15, 0.2) is 40.6 Å². The molecule has 1 atom stereocenters. The normalized spacial score (nSPS) is 18.7. The standard InChI is InChI=1S/C28H34N6O3S3/c1-28(2,3)18-7-12-21-22(15-18)39-26-24(21)25-31-32-27(34(25)17-29-26)38-16-23(35)30-19-8-10-20(11-9-19)40(36,37)33-13-5-4-6-14-33/h8-11,17-18H,4-7,12-16H2,1-3H3,(H,30,35)/t18-/m1/s1. The molecule has 3 aromatic heterocycles. The first-order chi connectivity index (χ1) is 19.1. The maximum atomic E-state index is 12.9. The van der Waals surface area contributed by atoms with Gasteiger partial charge >= 0.3 is 0 Å². The van der Waals surface area contributed by atoms with Gasteiger partial charge in [-0.3, -0.25) is 9.20 Å². The lowest BCUT2D eigenvalue weighted by Gasteiger charge is -2.33. The quantitative estimate of drug-likeness (QED) is 0.296. The predicted octanol–water partition coefficient (Wildman–Crippen LogP) is 5.40. The van der Waals surface area contributed by atoms with Gasteiger partial charge in [0.1, 0.15) is 11.2 Å². The van der Waals surface area contributed by atoms with Gasteiger partial charge in [0.15, 0.2) is 10.8 Å². The van der Waals surface area contributed by atoms with Gasteiger partial charge in [0, 0.05) is 23.7 Å². The Morgan fingerprint density at radius 3 is 2.60 bits per heavy atom. The van der Waals surface area contributed by atoms with Crippen LogP contribution in [0.4, 0.5) is 5.69 Å². The molecule has 1 aromatic carbocycles. The molecular weight excluding hydrogens is 565 g/mol. The molecule has 4 aromatic rings. The van der Waals surface area contributed by atoms with E-state index in [0.717, 1.165) is 54.4 Å². The zero-order valence-electron chi connectivity index (χ0n) is 23.0. The summed E-state index contributed by atoms with van der Waals surface area (Å²) >= 11 is 3.07. The molecule has 40 heavy (non-hydrogen) atoms. The van der Waals surface area contributed by atoms with Crippen molar-refractivity contribution in [3.05, 3.63) is 41.0 Å². The molecular formula is C28H34N6O3S3. The van der Waals surface area contributed by atoms with E-state index in [1.807, 2.05) is 4.40 Å². The van der Waals surface area contributed by atoms with Crippen molar-refractivity contribution < 1.29 is 13.2 Å². The largest absolute Gasteiger partial charge is 0.325 e. The van der Waals surface area contributed by atoms with E-state index >= 15 is 0 Å². The number of carbonyl (C=O) groups is 1. The summed E-state index contributed by atoms with van der Waals surface area (Å²) in [5.41, 5.74) is 2.98. The minimum absolute atomic E-state index is 0.141. The van der Waals surface area contributed by atoms with Crippen LogP contribution in [-0.4, -0.2) is 57.1 Å². The van der Waals surface area contributed by atoms with Crippen molar-refractivity contribution in [2.24, 2.45) is 11.3 Å². The Bertz CT molecular complexity index is 1670. The van der Waals surface area contributed by atoms with Gasteiger partial charge in [-0.1, -0.05) is 39.0 Å². The summed E-state index contributed by atoms with van der Waals surface area (Å²) in [6, 6.07) is 6.38. The molecule has 0 saturated carbocycles. The Balaban J connectivity index is 1.13. The zero-order valence-corrected chi connectivity index (χ0v) is 25.5. The molecule has 0 spiro atoms. The van der Waals surface area contributed by atoms with E-state index < -0.39 is 10.0 Å². The highest BCUT2D eigenvalue weighted by atomic mass is 32.2. The number of anilines is 1. The van der Waals surface area contributed by atoms with Crippen LogP contribution >= 0.6 is 23.1 Å². The molecule has 0 unspecified atom stereocenters. The molecule has 2 aliphatic rings. The number of aryl methyl sites for hydroxylation is 1. The van der Waals surface area contributed by atoms with Gasteiger partial charge < -0.3 is 5.32 Å². The van der Waals surface area contributed by atoms with E-state index in [0.29, 0.717) is 29.9 Å². The van der Waals surface area contributed by atoms with Gasteiger partial charge in [-0.05, 0) is 73.3 Å². The molecule has 1 saturated heterocycles. The smallest absolute Gasteiger partial charge is 0.243 e. The molecule has 1 amide bonds. The fourth-order valence-electron chi connectivity index (χ4n) is 5.68. The van der Waals surface area contributed by atoms with Crippen molar-refractivity contribution >= 4 is 60.6 Å². The fourth-order valence-corrected chi connectivity index (χ4v) is 9.17. The highest BCUT2D eigenvalue weighted by molar-refractivity contribution is 7.99. The summed E-state index contributed by atoms with van der Waals surface area (Å²) in [4.78, 5) is 20.1. The summed E-state index contributed by atoms with van der Waals surface area (Å²) in [5.74, 6) is 0.590. The lowest BCUT2D eigenvalue weighted by molar-refractivity contribution is -0.113. The van der Waals surface area contributed by atoms with Crippen LogP contribution in [0.25, 0.3) is 15.9 Å². The van der Waals surface area contributed by atoms with Gasteiger partial charge in [-0.15, -0.1) is 21.5 Å². The minimum atomic E-state index is -3.50. The van der Waals surface area contributed by atoms with Crippen molar-refractivity contribution in [3.63, 3.8) is 0 Å². The van der Waals surface area contributed by atoms with Gasteiger partial charge in [0.05, 0.1) is 16.0 Å². The number of amides is 1. The van der Waals surface area contributed by atoms with Crippen molar-refractivity contribution in [1.82, 2.24) is 23.9 Å². The van der Waals surface area contributed by atoms with E-state index in [1.54, 1.807) is 46.2 Å². The number of nitrogens with zero attached hydrogens (tertiary/aromatic N) is 5. The molecule has 1 aliphatic heterocycles. The lowest BCUT2D eigenvalue weighted by Crippen LogP contribution is -2.35. The number of nitrogens with one attached hydrogen (secondary N) is 1. The average Bonchev–Trinajstić information content (AvgIpc) is 3.52. The molecule has 12 heteroatoms. The Labute approximate surface area is 242 Å². The zero-order chi connectivity index (χ0) is 28.1. The van der Waals surface area contributed by atoms with Crippen molar-refractivity contribution in [3.8, 4) is 0 Å². The van der Waals surface area contributed by atoms with Gasteiger partial charge in [-0.2, -0.15) is 4.31 Å². The Hall–Kier alpha value is -2.54. The van der Waals surface area contributed by atoms with Gasteiger partial charge in [0.2, 0.25) is 15.9 Å². The Kier molecular flexibility index (Phi) is 7.39. The first-order valence-corrected chi connectivity index (χ1v) is 17.0. The second-order valence-electron chi connectivity index (χ2n) is 11.7. The number of benzene rings is 1. The Morgan fingerprint density at radius 2 is 1.88 bits per heavy atom. The highest BCUT2D eigenvalue weighted by Gasteiger charge is 2.32. The van der Waals surface area contributed by atoms with E-state index in [4.69, 9.17) is 4.98 Å². The Morgan fingerprint density at radius 1 is 1.12 bits per heavy atom. The van der Waals surface area contributed by atoms with Crippen molar-refractivity contribution in [2.45, 2.75) is 69.3 Å². The summed E-state index contributed by atoms with van der Waals surface area (Å²) < 4.78 is 29.2. The van der Waals surface area contributed by atoms with Crippen LogP contribution in [0.1, 0.15) is 56.9 Å². The molecule has 0 radical (unpaired) electrons. The van der Waals surface area contributed by atoms with Crippen molar-refractivity contribution in [2.75, 3.05) is 24.2 Å². The maximum absolute atomic E-state index is 12.9. The molecule has 1 aliphatic carbocycles. The topological polar surface area (TPSA) is 110 Å². The van der Waals surface area contributed by atoms with Crippen LogP contribution in [0.3, 0.4) is 0 Å². The van der Waals surface area contributed by atoms with Crippen LogP contribution in [0.5, 0.6) is 0 Å². The number of thiophene rings is 1. The van der Waals surface area contributed by atoms with Crippen molar-refractivity contribution in [1.29, 1.82) is 0 Å². The molecule has 6 rings (SSSR count). The van der Waals surface area contributed by atoms with Crippen LogP contribution in [0.2, 0.25) is 0 Å². The van der Waals surface area contributed by atoms with E-state index in [9.17, 15) is 13.2 Å².